The highest BCUT2D eigenvalue weighted by Crippen LogP contribution is 2.19. The molecule has 2 rings (SSSR count). The molecule has 0 aliphatic rings. The number of oxazole rings is 1. The van der Waals surface area contributed by atoms with Gasteiger partial charge in [-0.1, -0.05) is 5.11 Å². The first kappa shape index (κ1) is 10.2. The Morgan fingerprint density at radius 1 is 1.38 bits per heavy atom. The van der Waals surface area contributed by atoms with Crippen molar-refractivity contribution in [3.05, 3.63) is 52.5 Å². The Morgan fingerprint density at radius 3 is 2.81 bits per heavy atom. The molecule has 0 radical (unpaired) electrons. The minimum Gasteiger partial charge on any atom is -0.444 e. The minimum absolute atomic E-state index is 0.140. The molecule has 6 heteroatoms. The van der Waals surface area contributed by atoms with Crippen LogP contribution in [0, 0.1) is 5.82 Å². The Kier molecular flexibility index (Phi) is 2.84. The van der Waals surface area contributed by atoms with Gasteiger partial charge in [0.05, 0.1) is 12.2 Å². The number of rotatable bonds is 3. The van der Waals surface area contributed by atoms with Gasteiger partial charge < -0.3 is 4.42 Å². The van der Waals surface area contributed by atoms with E-state index in [1.165, 1.54) is 18.4 Å². The fourth-order valence-electron chi connectivity index (χ4n) is 1.21. The summed E-state index contributed by atoms with van der Waals surface area (Å²) in [5.74, 6) is 0.0627. The largest absolute Gasteiger partial charge is 0.444 e. The summed E-state index contributed by atoms with van der Waals surface area (Å²) >= 11 is 0. The zero-order valence-corrected chi connectivity index (χ0v) is 8.17. The molecule has 0 fully saturated rings. The van der Waals surface area contributed by atoms with Gasteiger partial charge in [-0.2, -0.15) is 0 Å². The van der Waals surface area contributed by atoms with Crippen molar-refractivity contribution in [2.45, 2.75) is 6.54 Å². The molecular formula is C10H7FN4O. The molecular weight excluding hydrogens is 211 g/mol. The van der Waals surface area contributed by atoms with E-state index < -0.39 is 0 Å². The van der Waals surface area contributed by atoms with Crippen LogP contribution in [0.5, 0.6) is 0 Å². The summed E-state index contributed by atoms with van der Waals surface area (Å²) in [5.41, 5.74) is 9.35. The van der Waals surface area contributed by atoms with Crippen LogP contribution in [0.4, 0.5) is 4.39 Å². The zero-order valence-electron chi connectivity index (χ0n) is 8.17. The van der Waals surface area contributed by atoms with Gasteiger partial charge in [-0.15, -0.1) is 0 Å². The predicted octanol–water partition coefficient (Wildman–Crippen LogP) is 3.29. The molecule has 0 amide bonds. The van der Waals surface area contributed by atoms with E-state index in [2.05, 4.69) is 15.0 Å². The lowest BCUT2D eigenvalue weighted by Gasteiger charge is -1.93. The Labute approximate surface area is 90.2 Å². The van der Waals surface area contributed by atoms with Crippen LogP contribution in [0.3, 0.4) is 0 Å². The number of benzene rings is 1. The highest BCUT2D eigenvalue weighted by atomic mass is 19.1. The normalized spacial score (nSPS) is 9.81. The summed E-state index contributed by atoms with van der Waals surface area (Å²) in [6, 6.07) is 5.79. The Morgan fingerprint density at radius 2 is 2.12 bits per heavy atom. The lowest BCUT2D eigenvalue weighted by atomic mass is 10.2. The van der Waals surface area contributed by atoms with Crippen molar-refractivity contribution < 1.29 is 8.81 Å². The average Bonchev–Trinajstić information content (AvgIpc) is 2.76. The van der Waals surface area contributed by atoms with Crippen LogP contribution in [-0.4, -0.2) is 4.98 Å². The van der Waals surface area contributed by atoms with E-state index in [9.17, 15) is 4.39 Å². The molecule has 5 nitrogen and oxygen atoms in total. The fourth-order valence-corrected chi connectivity index (χ4v) is 1.21. The lowest BCUT2D eigenvalue weighted by Crippen LogP contribution is -1.82. The van der Waals surface area contributed by atoms with Crippen molar-refractivity contribution in [1.29, 1.82) is 0 Å². The summed E-state index contributed by atoms with van der Waals surface area (Å²) in [5, 5.41) is 3.36. The van der Waals surface area contributed by atoms with Gasteiger partial charge >= 0.3 is 0 Å². The summed E-state index contributed by atoms with van der Waals surface area (Å²) in [6.45, 7) is 0.140. The van der Waals surface area contributed by atoms with Gasteiger partial charge in [0.25, 0.3) is 0 Å². The number of hydrogen-bond donors (Lipinski definition) is 0. The first-order valence-electron chi connectivity index (χ1n) is 4.51. The van der Waals surface area contributed by atoms with E-state index in [1.54, 1.807) is 12.1 Å². The molecule has 80 valence electrons. The van der Waals surface area contributed by atoms with Gasteiger partial charge in [0.2, 0.25) is 5.89 Å². The summed E-state index contributed by atoms with van der Waals surface area (Å²) in [6.07, 6.45) is 1.41. The van der Waals surface area contributed by atoms with E-state index in [0.717, 1.165) is 0 Å². The average molecular weight is 218 g/mol. The Hall–Kier alpha value is -2.33. The molecule has 0 N–H and O–H groups in total. The highest BCUT2D eigenvalue weighted by Gasteiger charge is 2.05. The van der Waals surface area contributed by atoms with Crippen molar-refractivity contribution >= 4 is 0 Å². The van der Waals surface area contributed by atoms with Crippen LogP contribution >= 0.6 is 0 Å². The molecule has 0 saturated carbocycles. The van der Waals surface area contributed by atoms with E-state index in [4.69, 9.17) is 9.95 Å². The summed E-state index contributed by atoms with van der Waals surface area (Å²) in [4.78, 5) is 6.71. The summed E-state index contributed by atoms with van der Waals surface area (Å²) < 4.78 is 17.8. The van der Waals surface area contributed by atoms with Crippen molar-refractivity contribution in [2.24, 2.45) is 5.11 Å². The second kappa shape index (κ2) is 4.46. The standard InChI is InChI=1S/C10H7FN4O/c11-8-3-1-7(2-4-8)10-14-9(6-16-10)5-13-15-12/h1-4,6H,5H2. The van der Waals surface area contributed by atoms with Crippen LogP contribution in [0.1, 0.15) is 5.69 Å². The predicted molar refractivity (Wildman–Crippen MR) is 54.7 cm³/mol. The van der Waals surface area contributed by atoms with Crippen LogP contribution in [0.2, 0.25) is 0 Å². The monoisotopic (exact) mass is 218 g/mol. The van der Waals surface area contributed by atoms with Gasteiger partial charge in [-0.3, -0.25) is 0 Å². The minimum atomic E-state index is -0.315. The highest BCUT2D eigenvalue weighted by molar-refractivity contribution is 5.52. The molecule has 0 spiro atoms. The quantitative estimate of drug-likeness (QED) is 0.450. The molecule has 0 aliphatic heterocycles. The maximum absolute atomic E-state index is 12.7. The Balaban J connectivity index is 2.24. The Bertz CT molecular complexity index is 528. The molecule has 0 unspecified atom stereocenters. The van der Waals surface area contributed by atoms with Gasteiger partial charge in [-0.25, -0.2) is 9.37 Å². The molecule has 2 aromatic rings. The second-order valence-corrected chi connectivity index (χ2v) is 3.04. The molecule has 0 aliphatic carbocycles. The lowest BCUT2D eigenvalue weighted by molar-refractivity contribution is 0.572. The molecule has 1 aromatic carbocycles. The van der Waals surface area contributed by atoms with Gasteiger partial charge in [0.1, 0.15) is 12.1 Å². The molecule has 1 heterocycles. The van der Waals surface area contributed by atoms with Crippen molar-refractivity contribution in [3.63, 3.8) is 0 Å². The second-order valence-electron chi connectivity index (χ2n) is 3.04. The summed E-state index contributed by atoms with van der Waals surface area (Å²) in [7, 11) is 0. The van der Waals surface area contributed by atoms with E-state index in [0.29, 0.717) is 17.1 Å². The third-order valence-electron chi connectivity index (χ3n) is 1.94. The molecule has 16 heavy (non-hydrogen) atoms. The van der Waals surface area contributed by atoms with Gasteiger partial charge in [-0.05, 0) is 29.8 Å². The van der Waals surface area contributed by atoms with E-state index in [-0.39, 0.29) is 12.4 Å². The van der Waals surface area contributed by atoms with Gasteiger partial charge in [0.15, 0.2) is 0 Å². The number of halogens is 1. The van der Waals surface area contributed by atoms with Crippen molar-refractivity contribution in [3.8, 4) is 11.5 Å². The molecule has 0 bridgehead atoms. The third kappa shape index (κ3) is 2.18. The molecule has 0 saturated heterocycles. The first-order valence-corrected chi connectivity index (χ1v) is 4.51. The smallest absolute Gasteiger partial charge is 0.226 e. The van der Waals surface area contributed by atoms with Crippen molar-refractivity contribution in [1.82, 2.24) is 4.98 Å². The van der Waals surface area contributed by atoms with Crippen LogP contribution < -0.4 is 0 Å². The number of nitrogens with zero attached hydrogens (tertiary/aromatic N) is 4. The van der Waals surface area contributed by atoms with Crippen LogP contribution in [0.25, 0.3) is 21.9 Å². The topological polar surface area (TPSA) is 74.8 Å². The first-order chi connectivity index (χ1) is 7.79. The molecule has 1 aromatic heterocycles. The van der Waals surface area contributed by atoms with Crippen molar-refractivity contribution in [2.75, 3.05) is 0 Å². The fraction of sp³-hybridized carbons (Fsp3) is 0.100. The van der Waals surface area contributed by atoms with Crippen LogP contribution in [0.15, 0.2) is 40.1 Å². The maximum atomic E-state index is 12.7. The maximum Gasteiger partial charge on any atom is 0.226 e. The van der Waals surface area contributed by atoms with E-state index >= 15 is 0 Å². The number of aromatic nitrogens is 1. The SMILES string of the molecule is [N-]=[N+]=NCc1coc(-c2ccc(F)cc2)n1. The van der Waals surface area contributed by atoms with Crippen LogP contribution in [-0.2, 0) is 6.54 Å². The van der Waals surface area contributed by atoms with E-state index in [1.807, 2.05) is 0 Å². The van der Waals surface area contributed by atoms with Gasteiger partial charge in [0, 0.05) is 10.5 Å². The zero-order chi connectivity index (χ0) is 11.4. The number of hydrogen-bond acceptors (Lipinski definition) is 3. The molecule has 0 atom stereocenters. The third-order valence-corrected chi connectivity index (χ3v) is 1.94. The number of azide groups is 1.